The Labute approximate surface area is 131 Å². The highest BCUT2D eigenvalue weighted by Gasteiger charge is 2.28. The van der Waals surface area contributed by atoms with Gasteiger partial charge in [0.2, 0.25) is 5.91 Å². The van der Waals surface area contributed by atoms with Gasteiger partial charge in [0.15, 0.2) is 0 Å². The second-order valence-electron chi connectivity index (χ2n) is 5.21. The SMILES string of the molecule is C=CCN(Cc1cccs1)C(=O)C1CCCC(N)C1.Cl. The van der Waals surface area contributed by atoms with Crippen LogP contribution in [0.1, 0.15) is 30.6 Å². The molecule has 0 spiro atoms. The molecule has 2 rings (SSSR count). The first kappa shape index (κ1) is 17.2. The van der Waals surface area contributed by atoms with E-state index >= 15 is 0 Å². The summed E-state index contributed by atoms with van der Waals surface area (Å²) in [5.74, 6) is 0.340. The van der Waals surface area contributed by atoms with Gasteiger partial charge < -0.3 is 10.6 Å². The zero-order chi connectivity index (χ0) is 13.7. The lowest BCUT2D eigenvalue weighted by Crippen LogP contribution is -2.40. The van der Waals surface area contributed by atoms with Crippen molar-refractivity contribution < 1.29 is 4.79 Å². The summed E-state index contributed by atoms with van der Waals surface area (Å²) in [6.07, 6.45) is 5.73. The average molecular weight is 315 g/mol. The Kier molecular flexibility index (Phi) is 7.27. The van der Waals surface area contributed by atoms with Crippen molar-refractivity contribution in [1.29, 1.82) is 0 Å². The van der Waals surface area contributed by atoms with E-state index in [-0.39, 0.29) is 30.3 Å². The first-order valence-electron chi connectivity index (χ1n) is 6.88. The van der Waals surface area contributed by atoms with Crippen LogP contribution in [0.2, 0.25) is 0 Å². The van der Waals surface area contributed by atoms with Crippen LogP contribution in [0.25, 0.3) is 0 Å². The molecule has 112 valence electrons. The number of nitrogens with zero attached hydrogens (tertiary/aromatic N) is 1. The van der Waals surface area contributed by atoms with Gasteiger partial charge in [-0.25, -0.2) is 0 Å². The fourth-order valence-corrected chi connectivity index (χ4v) is 3.41. The summed E-state index contributed by atoms with van der Waals surface area (Å²) < 4.78 is 0. The second kappa shape index (κ2) is 8.45. The number of carbonyl (C=O) groups excluding carboxylic acids is 1. The van der Waals surface area contributed by atoms with E-state index in [0.717, 1.165) is 25.7 Å². The van der Waals surface area contributed by atoms with Crippen LogP contribution in [0, 0.1) is 5.92 Å². The third-order valence-corrected chi connectivity index (χ3v) is 4.51. The highest BCUT2D eigenvalue weighted by Crippen LogP contribution is 2.26. The van der Waals surface area contributed by atoms with Crippen LogP contribution in [0.4, 0.5) is 0 Å². The summed E-state index contributed by atoms with van der Waals surface area (Å²) in [5.41, 5.74) is 5.98. The number of rotatable bonds is 5. The van der Waals surface area contributed by atoms with Crippen LogP contribution in [0.5, 0.6) is 0 Å². The quantitative estimate of drug-likeness (QED) is 0.848. The Hall–Kier alpha value is -0.840. The number of thiophene rings is 1. The van der Waals surface area contributed by atoms with Gasteiger partial charge >= 0.3 is 0 Å². The van der Waals surface area contributed by atoms with Crippen molar-refractivity contribution in [2.45, 2.75) is 38.3 Å². The Morgan fingerprint density at radius 3 is 2.95 bits per heavy atom. The number of hydrogen-bond donors (Lipinski definition) is 1. The molecule has 0 saturated heterocycles. The fourth-order valence-electron chi connectivity index (χ4n) is 2.69. The van der Waals surface area contributed by atoms with Gasteiger partial charge in [0, 0.05) is 23.4 Å². The van der Waals surface area contributed by atoms with E-state index in [4.69, 9.17) is 5.73 Å². The van der Waals surface area contributed by atoms with Gasteiger partial charge in [-0.2, -0.15) is 0 Å². The summed E-state index contributed by atoms with van der Waals surface area (Å²) in [4.78, 5) is 15.7. The smallest absolute Gasteiger partial charge is 0.226 e. The third kappa shape index (κ3) is 4.62. The van der Waals surface area contributed by atoms with Crippen molar-refractivity contribution in [3.8, 4) is 0 Å². The Bertz CT molecular complexity index is 422. The van der Waals surface area contributed by atoms with Gasteiger partial charge in [0.25, 0.3) is 0 Å². The lowest BCUT2D eigenvalue weighted by molar-refractivity contribution is -0.136. The molecule has 20 heavy (non-hydrogen) atoms. The number of halogens is 1. The molecule has 2 N–H and O–H groups in total. The summed E-state index contributed by atoms with van der Waals surface area (Å²) in [6, 6.07) is 4.28. The van der Waals surface area contributed by atoms with E-state index in [1.807, 2.05) is 16.3 Å². The first-order valence-corrected chi connectivity index (χ1v) is 7.76. The van der Waals surface area contributed by atoms with Gasteiger partial charge in [0.1, 0.15) is 0 Å². The summed E-state index contributed by atoms with van der Waals surface area (Å²) >= 11 is 1.69. The molecule has 0 aromatic carbocycles. The lowest BCUT2D eigenvalue weighted by atomic mass is 9.85. The van der Waals surface area contributed by atoms with Crippen LogP contribution < -0.4 is 5.73 Å². The normalized spacial score (nSPS) is 21.9. The highest BCUT2D eigenvalue weighted by atomic mass is 35.5. The average Bonchev–Trinajstić information content (AvgIpc) is 2.90. The van der Waals surface area contributed by atoms with Crippen LogP contribution >= 0.6 is 23.7 Å². The molecule has 1 aromatic heterocycles. The zero-order valence-corrected chi connectivity index (χ0v) is 13.3. The van der Waals surface area contributed by atoms with Gasteiger partial charge in [0.05, 0.1) is 6.54 Å². The molecule has 1 aromatic rings. The Balaban J connectivity index is 0.00000200. The van der Waals surface area contributed by atoms with Crippen molar-refractivity contribution in [3.63, 3.8) is 0 Å². The van der Waals surface area contributed by atoms with Crippen molar-refractivity contribution in [2.24, 2.45) is 11.7 Å². The molecule has 1 aliphatic rings. The minimum Gasteiger partial charge on any atom is -0.334 e. The minimum absolute atomic E-state index is 0. The molecule has 1 amide bonds. The molecular weight excluding hydrogens is 292 g/mol. The highest BCUT2D eigenvalue weighted by molar-refractivity contribution is 7.09. The predicted molar refractivity (Wildman–Crippen MR) is 87.1 cm³/mol. The molecule has 2 unspecified atom stereocenters. The van der Waals surface area contributed by atoms with E-state index in [9.17, 15) is 4.79 Å². The molecular formula is C15H23ClN2OS. The molecule has 1 aliphatic carbocycles. The second-order valence-corrected chi connectivity index (χ2v) is 6.24. The van der Waals surface area contributed by atoms with Crippen LogP contribution in [-0.2, 0) is 11.3 Å². The van der Waals surface area contributed by atoms with Crippen molar-refractivity contribution in [1.82, 2.24) is 4.90 Å². The molecule has 0 bridgehead atoms. The monoisotopic (exact) mass is 314 g/mol. The number of amides is 1. The molecule has 1 saturated carbocycles. The Morgan fingerprint density at radius 1 is 1.55 bits per heavy atom. The summed E-state index contributed by atoms with van der Waals surface area (Å²) in [5, 5.41) is 2.04. The maximum absolute atomic E-state index is 12.6. The van der Waals surface area contributed by atoms with Gasteiger partial charge in [-0.15, -0.1) is 30.3 Å². The molecule has 0 aliphatic heterocycles. The van der Waals surface area contributed by atoms with Crippen molar-refractivity contribution in [3.05, 3.63) is 35.0 Å². The first-order chi connectivity index (χ1) is 9.20. The van der Waals surface area contributed by atoms with E-state index in [0.29, 0.717) is 13.1 Å². The van der Waals surface area contributed by atoms with Crippen LogP contribution in [0.3, 0.4) is 0 Å². The van der Waals surface area contributed by atoms with Gasteiger partial charge in [-0.05, 0) is 30.7 Å². The van der Waals surface area contributed by atoms with E-state index in [1.54, 1.807) is 17.4 Å². The summed E-state index contributed by atoms with van der Waals surface area (Å²) in [7, 11) is 0. The predicted octanol–water partition coefficient (Wildman–Crippen LogP) is 3.20. The molecule has 5 heteroatoms. The maximum atomic E-state index is 12.6. The largest absolute Gasteiger partial charge is 0.334 e. The molecule has 2 atom stereocenters. The minimum atomic E-state index is 0. The van der Waals surface area contributed by atoms with E-state index in [1.165, 1.54) is 4.88 Å². The topological polar surface area (TPSA) is 46.3 Å². The maximum Gasteiger partial charge on any atom is 0.226 e. The summed E-state index contributed by atoms with van der Waals surface area (Å²) in [6.45, 7) is 5.06. The van der Waals surface area contributed by atoms with E-state index < -0.39 is 0 Å². The standard InChI is InChI=1S/C15H22N2OS.ClH/c1-2-8-17(11-14-7-4-9-19-14)15(18)12-5-3-6-13(16)10-12;/h2,4,7,9,12-13H,1,3,5-6,8,10-11,16H2;1H. The Morgan fingerprint density at radius 2 is 2.35 bits per heavy atom. The van der Waals surface area contributed by atoms with E-state index in [2.05, 4.69) is 12.6 Å². The van der Waals surface area contributed by atoms with Crippen LogP contribution in [-0.4, -0.2) is 23.4 Å². The lowest BCUT2D eigenvalue weighted by Gasteiger charge is -2.30. The third-order valence-electron chi connectivity index (χ3n) is 3.65. The zero-order valence-electron chi connectivity index (χ0n) is 11.7. The molecule has 3 nitrogen and oxygen atoms in total. The fraction of sp³-hybridized carbons (Fsp3) is 0.533. The van der Waals surface area contributed by atoms with Gasteiger partial charge in [-0.3, -0.25) is 4.79 Å². The van der Waals surface area contributed by atoms with Crippen molar-refractivity contribution in [2.75, 3.05) is 6.54 Å². The molecule has 0 radical (unpaired) electrons. The van der Waals surface area contributed by atoms with Crippen LogP contribution in [0.15, 0.2) is 30.2 Å². The number of carbonyl (C=O) groups is 1. The number of nitrogens with two attached hydrogens (primary N) is 1. The molecule has 1 fully saturated rings. The van der Waals surface area contributed by atoms with Gasteiger partial charge in [-0.1, -0.05) is 18.6 Å². The molecule has 1 heterocycles. The number of hydrogen-bond acceptors (Lipinski definition) is 3. The van der Waals surface area contributed by atoms with Crippen molar-refractivity contribution >= 4 is 29.7 Å².